The molecule has 1 amide bonds. The lowest BCUT2D eigenvalue weighted by Gasteiger charge is -2.28. The van der Waals surface area contributed by atoms with Gasteiger partial charge in [0.15, 0.2) is 0 Å². The van der Waals surface area contributed by atoms with E-state index in [4.69, 9.17) is 9.47 Å². The van der Waals surface area contributed by atoms with Crippen LogP contribution in [0.2, 0.25) is 0 Å². The first kappa shape index (κ1) is 27.8. The number of esters is 1. The molecule has 0 saturated heterocycles. The number of halogens is 5. The van der Waals surface area contributed by atoms with E-state index < -0.39 is 52.4 Å². The highest BCUT2D eigenvalue weighted by Crippen LogP contribution is 2.44. The number of hydrogen-bond donors (Lipinski definition) is 1. The van der Waals surface area contributed by atoms with E-state index in [1.807, 2.05) is 48.5 Å². The van der Waals surface area contributed by atoms with Crippen molar-refractivity contribution in [3.05, 3.63) is 125 Å². The van der Waals surface area contributed by atoms with Gasteiger partial charge in [-0.25, -0.2) is 22.8 Å². The summed E-state index contributed by atoms with van der Waals surface area (Å²) in [6, 6.07) is 23.5. The molecule has 210 valence electrons. The number of fused-ring (bicyclic) bond motifs is 3. The van der Waals surface area contributed by atoms with Crippen molar-refractivity contribution in [3.8, 4) is 16.9 Å². The molecular weight excluding hydrogens is 545 g/mol. The van der Waals surface area contributed by atoms with Gasteiger partial charge in [0.2, 0.25) is 34.8 Å². The monoisotopic (exact) mass is 567 g/mol. The standard InChI is InChI=1S/C31H22F5NO4/c1-31(15-17-9-3-2-4-10-17,29(38)41-28-26(35)24(33)23(32)25(34)27(28)36)37-30(39)40-16-22-20-13-7-5-11-18(20)19-12-6-8-14-21(19)22/h2-14,22H,15-16H2,1H3,(H,37,39)/t31-/m0/s1. The van der Waals surface area contributed by atoms with Crippen LogP contribution in [0, 0.1) is 29.1 Å². The normalized spacial score (nSPS) is 13.6. The number of carbonyl (C=O) groups is 2. The van der Waals surface area contributed by atoms with E-state index in [0.717, 1.165) is 22.3 Å². The van der Waals surface area contributed by atoms with Gasteiger partial charge in [0.05, 0.1) is 0 Å². The van der Waals surface area contributed by atoms with Crippen molar-refractivity contribution >= 4 is 12.1 Å². The molecule has 4 aromatic rings. The molecule has 0 aliphatic heterocycles. The molecule has 0 saturated carbocycles. The Morgan fingerprint density at radius 2 is 1.22 bits per heavy atom. The second-order valence-electron chi connectivity index (χ2n) is 9.73. The lowest BCUT2D eigenvalue weighted by Crippen LogP contribution is -2.56. The van der Waals surface area contributed by atoms with Crippen LogP contribution in [0.5, 0.6) is 5.75 Å². The van der Waals surface area contributed by atoms with Crippen molar-refractivity contribution in [1.82, 2.24) is 5.32 Å². The minimum Gasteiger partial charge on any atom is -0.449 e. The summed E-state index contributed by atoms with van der Waals surface area (Å²) in [6.07, 6.45) is -1.31. The number of alkyl carbamates (subject to hydrolysis) is 1. The number of carbonyl (C=O) groups excluding carboxylic acids is 2. The van der Waals surface area contributed by atoms with Crippen molar-refractivity contribution in [2.75, 3.05) is 6.61 Å². The molecule has 0 radical (unpaired) electrons. The number of rotatable bonds is 7. The van der Waals surface area contributed by atoms with E-state index in [-0.39, 0.29) is 18.9 Å². The van der Waals surface area contributed by atoms with Crippen LogP contribution in [-0.2, 0) is 16.0 Å². The quantitative estimate of drug-likeness (QED) is 0.0875. The zero-order valence-corrected chi connectivity index (χ0v) is 21.5. The second-order valence-corrected chi connectivity index (χ2v) is 9.73. The lowest BCUT2D eigenvalue weighted by molar-refractivity contribution is -0.141. The molecule has 0 heterocycles. The van der Waals surface area contributed by atoms with Crippen LogP contribution >= 0.6 is 0 Å². The molecule has 1 aliphatic rings. The topological polar surface area (TPSA) is 64.6 Å². The number of amides is 1. The highest BCUT2D eigenvalue weighted by molar-refractivity contribution is 5.87. The Morgan fingerprint density at radius 3 is 1.78 bits per heavy atom. The number of ether oxygens (including phenoxy) is 2. The molecule has 0 fully saturated rings. The molecule has 0 spiro atoms. The smallest absolute Gasteiger partial charge is 0.408 e. The summed E-state index contributed by atoms with van der Waals surface area (Å²) in [7, 11) is 0. The summed E-state index contributed by atoms with van der Waals surface area (Å²) in [5.41, 5.74) is 2.35. The predicted molar refractivity (Wildman–Crippen MR) is 139 cm³/mol. The van der Waals surface area contributed by atoms with Crippen molar-refractivity contribution in [3.63, 3.8) is 0 Å². The molecule has 0 aromatic heterocycles. The van der Waals surface area contributed by atoms with Crippen LogP contribution in [0.15, 0.2) is 78.9 Å². The first-order valence-corrected chi connectivity index (χ1v) is 12.5. The Hall–Kier alpha value is -4.73. The molecule has 1 N–H and O–H groups in total. The number of nitrogens with one attached hydrogen (secondary N) is 1. The van der Waals surface area contributed by atoms with E-state index in [1.54, 1.807) is 30.3 Å². The molecule has 1 atom stereocenters. The molecule has 1 aliphatic carbocycles. The van der Waals surface area contributed by atoms with Crippen molar-refractivity contribution in [2.45, 2.75) is 24.8 Å². The minimum absolute atomic E-state index is 0.103. The van der Waals surface area contributed by atoms with E-state index >= 15 is 0 Å². The van der Waals surface area contributed by atoms with Gasteiger partial charge in [0, 0.05) is 12.3 Å². The molecule has 0 bridgehead atoms. The zero-order chi connectivity index (χ0) is 29.3. The second kappa shape index (κ2) is 11.0. The number of benzene rings is 4. The van der Waals surface area contributed by atoms with Gasteiger partial charge in [0.1, 0.15) is 12.1 Å². The van der Waals surface area contributed by atoms with Crippen LogP contribution in [0.25, 0.3) is 11.1 Å². The third kappa shape index (κ3) is 5.25. The Bertz CT molecular complexity index is 1570. The van der Waals surface area contributed by atoms with Crippen LogP contribution in [-0.4, -0.2) is 24.2 Å². The third-order valence-corrected chi connectivity index (χ3v) is 6.94. The fraction of sp³-hybridized carbons (Fsp3) is 0.161. The average molecular weight is 568 g/mol. The summed E-state index contributed by atoms with van der Waals surface area (Å²) in [6.45, 7) is 1.09. The highest BCUT2D eigenvalue weighted by Gasteiger charge is 2.40. The van der Waals surface area contributed by atoms with E-state index in [1.165, 1.54) is 6.92 Å². The van der Waals surface area contributed by atoms with Crippen LogP contribution in [0.4, 0.5) is 26.7 Å². The zero-order valence-electron chi connectivity index (χ0n) is 21.5. The Balaban J connectivity index is 1.39. The number of hydrogen-bond acceptors (Lipinski definition) is 4. The Morgan fingerprint density at radius 1 is 0.732 bits per heavy atom. The van der Waals surface area contributed by atoms with E-state index in [2.05, 4.69) is 5.32 Å². The van der Waals surface area contributed by atoms with Crippen molar-refractivity contribution in [1.29, 1.82) is 0 Å². The molecule has 0 unspecified atom stereocenters. The average Bonchev–Trinajstić information content (AvgIpc) is 3.30. The van der Waals surface area contributed by atoms with Gasteiger partial charge in [-0.3, -0.25) is 0 Å². The molecule has 4 aromatic carbocycles. The van der Waals surface area contributed by atoms with Gasteiger partial charge in [-0.15, -0.1) is 0 Å². The predicted octanol–water partition coefficient (Wildman–Crippen LogP) is 6.83. The van der Waals surface area contributed by atoms with Crippen LogP contribution < -0.4 is 10.1 Å². The van der Waals surface area contributed by atoms with Crippen LogP contribution in [0.3, 0.4) is 0 Å². The Kier molecular flexibility index (Phi) is 7.49. The molecule has 5 nitrogen and oxygen atoms in total. The van der Waals surface area contributed by atoms with Gasteiger partial charge in [-0.1, -0.05) is 78.9 Å². The first-order valence-electron chi connectivity index (χ1n) is 12.5. The summed E-state index contributed by atoms with van der Waals surface area (Å²) in [5, 5.41) is 2.37. The molecule has 5 rings (SSSR count). The first-order chi connectivity index (χ1) is 19.6. The molecule has 10 heteroatoms. The fourth-order valence-electron chi connectivity index (χ4n) is 4.91. The highest BCUT2D eigenvalue weighted by atomic mass is 19.2. The van der Waals surface area contributed by atoms with Gasteiger partial charge in [0.25, 0.3) is 0 Å². The maximum Gasteiger partial charge on any atom is 0.408 e. The summed E-state index contributed by atoms with van der Waals surface area (Å²) in [4.78, 5) is 26.2. The van der Waals surface area contributed by atoms with E-state index in [0.29, 0.717) is 5.56 Å². The maximum absolute atomic E-state index is 14.3. The van der Waals surface area contributed by atoms with Crippen molar-refractivity contribution in [2.24, 2.45) is 0 Å². The van der Waals surface area contributed by atoms with Gasteiger partial charge in [-0.05, 0) is 34.7 Å². The summed E-state index contributed by atoms with van der Waals surface area (Å²) >= 11 is 0. The third-order valence-electron chi connectivity index (χ3n) is 6.94. The maximum atomic E-state index is 14.3. The lowest BCUT2D eigenvalue weighted by atomic mass is 9.93. The SMILES string of the molecule is C[C@@](Cc1ccccc1)(NC(=O)OCC1c2ccccc2-c2ccccc21)C(=O)Oc1c(F)c(F)c(F)c(F)c1F. The molecular formula is C31H22F5NO4. The summed E-state index contributed by atoms with van der Waals surface area (Å²) < 4.78 is 79.7. The van der Waals surface area contributed by atoms with Gasteiger partial charge in [-0.2, -0.15) is 8.78 Å². The summed E-state index contributed by atoms with van der Waals surface area (Å²) in [5.74, 6) is -15.1. The van der Waals surface area contributed by atoms with Gasteiger partial charge >= 0.3 is 12.1 Å². The van der Waals surface area contributed by atoms with Crippen LogP contribution in [0.1, 0.15) is 29.5 Å². The largest absolute Gasteiger partial charge is 0.449 e. The minimum atomic E-state index is -2.40. The van der Waals surface area contributed by atoms with Crippen molar-refractivity contribution < 1.29 is 41.0 Å². The molecule has 41 heavy (non-hydrogen) atoms. The fourth-order valence-corrected chi connectivity index (χ4v) is 4.91. The Labute approximate surface area is 231 Å². The van der Waals surface area contributed by atoms with Gasteiger partial charge < -0.3 is 14.8 Å². The van der Waals surface area contributed by atoms with E-state index in [9.17, 15) is 31.5 Å².